The maximum Gasteiger partial charge on any atom is 0.522 e. The summed E-state index contributed by atoms with van der Waals surface area (Å²) < 4.78 is 56.9. The summed E-state index contributed by atoms with van der Waals surface area (Å²) in [6.45, 7) is 1.63. The SMILES string of the molecule is Cc1cc(C(=O)N2CC[C@]3(c4ncccc4Cl)OCO[C@@H]3C2)ccc1OCCOC(F)(F)F. The second-order valence-electron chi connectivity index (χ2n) is 7.76. The molecule has 0 bridgehead atoms. The van der Waals surface area contributed by atoms with Crippen LogP contribution in [0.4, 0.5) is 13.2 Å². The molecule has 2 aliphatic heterocycles. The summed E-state index contributed by atoms with van der Waals surface area (Å²) in [4.78, 5) is 19.2. The van der Waals surface area contributed by atoms with Crippen LogP contribution in [-0.2, 0) is 19.8 Å². The number of rotatable bonds is 6. The number of hydrogen-bond acceptors (Lipinski definition) is 6. The number of carbonyl (C=O) groups excluding carboxylic acids is 1. The van der Waals surface area contributed by atoms with Crippen molar-refractivity contribution in [2.45, 2.75) is 31.4 Å². The summed E-state index contributed by atoms with van der Waals surface area (Å²) in [5.41, 5.74) is 0.864. The summed E-state index contributed by atoms with van der Waals surface area (Å²) in [7, 11) is 0. The number of nitrogens with zero attached hydrogens (tertiary/aromatic N) is 2. The third-order valence-corrected chi connectivity index (χ3v) is 6.03. The summed E-state index contributed by atoms with van der Waals surface area (Å²) in [5.74, 6) is 0.188. The second-order valence-corrected chi connectivity index (χ2v) is 8.17. The highest BCUT2D eigenvalue weighted by Gasteiger charge is 2.53. The number of fused-ring (bicyclic) bond motifs is 1. The minimum absolute atomic E-state index is 0.0861. The zero-order chi connectivity index (χ0) is 23.6. The van der Waals surface area contributed by atoms with E-state index in [1.165, 1.54) is 0 Å². The lowest BCUT2D eigenvalue weighted by atomic mass is 9.84. The fourth-order valence-corrected chi connectivity index (χ4v) is 4.41. The lowest BCUT2D eigenvalue weighted by molar-refractivity contribution is -0.325. The molecule has 1 amide bonds. The minimum atomic E-state index is -4.70. The maximum atomic E-state index is 13.1. The highest BCUT2D eigenvalue weighted by molar-refractivity contribution is 6.31. The first-order valence-electron chi connectivity index (χ1n) is 10.3. The highest BCUT2D eigenvalue weighted by Crippen LogP contribution is 2.44. The smallest absolute Gasteiger partial charge is 0.491 e. The molecule has 11 heteroatoms. The Bertz CT molecular complexity index is 1020. The quantitative estimate of drug-likeness (QED) is 0.573. The molecule has 0 saturated carbocycles. The molecule has 0 spiro atoms. The molecule has 0 radical (unpaired) electrons. The van der Waals surface area contributed by atoms with Crippen molar-refractivity contribution < 1.29 is 36.9 Å². The molecular formula is C22H22ClF3N2O5. The minimum Gasteiger partial charge on any atom is -0.491 e. The lowest BCUT2D eigenvalue weighted by Gasteiger charge is -2.41. The predicted octanol–water partition coefficient (Wildman–Crippen LogP) is 4.07. The Labute approximate surface area is 193 Å². The zero-order valence-electron chi connectivity index (χ0n) is 17.7. The number of alkyl halides is 3. The Morgan fingerprint density at radius 1 is 1.33 bits per heavy atom. The van der Waals surface area contributed by atoms with Crippen LogP contribution in [0.5, 0.6) is 5.75 Å². The number of pyridine rings is 1. The van der Waals surface area contributed by atoms with Crippen LogP contribution in [0.25, 0.3) is 0 Å². The van der Waals surface area contributed by atoms with Gasteiger partial charge in [0.2, 0.25) is 0 Å². The molecule has 7 nitrogen and oxygen atoms in total. The third-order valence-electron chi connectivity index (χ3n) is 5.72. The molecule has 0 N–H and O–H groups in total. The zero-order valence-corrected chi connectivity index (χ0v) is 18.5. The summed E-state index contributed by atoms with van der Waals surface area (Å²) in [6.07, 6.45) is -3.00. The monoisotopic (exact) mass is 486 g/mol. The largest absolute Gasteiger partial charge is 0.522 e. The molecule has 3 heterocycles. The van der Waals surface area contributed by atoms with Gasteiger partial charge in [0.15, 0.2) is 0 Å². The fourth-order valence-electron chi connectivity index (χ4n) is 4.13. The van der Waals surface area contributed by atoms with E-state index in [1.807, 2.05) is 0 Å². The highest BCUT2D eigenvalue weighted by atomic mass is 35.5. The molecule has 2 aliphatic rings. The van der Waals surface area contributed by atoms with E-state index in [-0.39, 0.29) is 19.3 Å². The van der Waals surface area contributed by atoms with Crippen LogP contribution in [0.3, 0.4) is 0 Å². The summed E-state index contributed by atoms with van der Waals surface area (Å²) in [5, 5.41) is 0.486. The van der Waals surface area contributed by atoms with Crippen molar-refractivity contribution in [2.24, 2.45) is 0 Å². The van der Waals surface area contributed by atoms with Crippen molar-refractivity contribution in [2.75, 3.05) is 33.1 Å². The normalized spacial score (nSPS) is 22.8. The molecule has 2 aromatic rings. The first kappa shape index (κ1) is 23.7. The van der Waals surface area contributed by atoms with Gasteiger partial charge in [-0.2, -0.15) is 0 Å². The number of piperidine rings is 1. The van der Waals surface area contributed by atoms with Gasteiger partial charge < -0.3 is 19.1 Å². The van der Waals surface area contributed by atoms with E-state index in [0.717, 1.165) is 0 Å². The summed E-state index contributed by atoms with van der Waals surface area (Å²) >= 11 is 6.36. The molecule has 1 aromatic carbocycles. The number of hydrogen-bond donors (Lipinski definition) is 0. The Morgan fingerprint density at radius 2 is 2.15 bits per heavy atom. The number of carbonyl (C=O) groups is 1. The lowest BCUT2D eigenvalue weighted by Crippen LogP contribution is -2.54. The number of likely N-dealkylation sites (tertiary alicyclic amines) is 1. The first-order valence-corrected chi connectivity index (χ1v) is 10.7. The number of halogens is 4. The van der Waals surface area contributed by atoms with Gasteiger partial charge in [0.05, 0.1) is 23.9 Å². The Hall–Kier alpha value is -2.40. The first-order chi connectivity index (χ1) is 15.7. The molecule has 0 aliphatic carbocycles. The number of aromatic nitrogens is 1. The standard InChI is InChI=1S/C22H22ClF3N2O5/c1-14-11-15(4-5-17(14)30-9-10-32-22(24,25)26)20(29)28-8-6-21(18(12-28)31-13-33-21)19-16(23)3-2-7-27-19/h2-5,7,11,18H,6,8-10,12-13H2,1H3/t18-,21+/m1/s1. The topological polar surface area (TPSA) is 70.1 Å². The van der Waals surface area contributed by atoms with Crippen LogP contribution in [-0.4, -0.2) is 61.4 Å². The average Bonchev–Trinajstić information content (AvgIpc) is 3.20. The van der Waals surface area contributed by atoms with E-state index in [2.05, 4.69) is 9.72 Å². The van der Waals surface area contributed by atoms with Gasteiger partial charge in [-0.25, -0.2) is 0 Å². The van der Waals surface area contributed by atoms with Gasteiger partial charge in [-0.15, -0.1) is 13.2 Å². The third kappa shape index (κ3) is 5.08. The number of aryl methyl sites for hydroxylation is 1. The van der Waals surface area contributed by atoms with Crippen LogP contribution in [0.2, 0.25) is 5.02 Å². The van der Waals surface area contributed by atoms with E-state index in [0.29, 0.717) is 47.1 Å². The van der Waals surface area contributed by atoms with Crippen molar-refractivity contribution in [1.82, 2.24) is 9.88 Å². The van der Waals surface area contributed by atoms with Crippen LogP contribution in [0.15, 0.2) is 36.5 Å². The van der Waals surface area contributed by atoms with Crippen molar-refractivity contribution in [3.05, 3.63) is 58.4 Å². The number of amides is 1. The molecule has 1 aromatic heterocycles. The van der Waals surface area contributed by atoms with Gasteiger partial charge in [0.1, 0.15) is 30.9 Å². The van der Waals surface area contributed by atoms with Gasteiger partial charge in [0, 0.05) is 24.7 Å². The Kier molecular flexibility index (Phi) is 6.81. The number of benzene rings is 1. The Balaban J connectivity index is 1.41. The average molecular weight is 487 g/mol. The Morgan fingerprint density at radius 3 is 2.88 bits per heavy atom. The van der Waals surface area contributed by atoms with Gasteiger partial charge in [0.25, 0.3) is 5.91 Å². The van der Waals surface area contributed by atoms with Crippen molar-refractivity contribution in [3.8, 4) is 5.75 Å². The maximum absolute atomic E-state index is 13.1. The van der Waals surface area contributed by atoms with Gasteiger partial charge in [-0.05, 0) is 42.8 Å². The predicted molar refractivity (Wildman–Crippen MR) is 111 cm³/mol. The molecule has 178 valence electrons. The van der Waals surface area contributed by atoms with Crippen LogP contribution >= 0.6 is 11.6 Å². The molecule has 33 heavy (non-hydrogen) atoms. The van der Waals surface area contributed by atoms with Crippen LogP contribution < -0.4 is 4.74 Å². The molecule has 4 rings (SSSR count). The second kappa shape index (κ2) is 9.46. The van der Waals surface area contributed by atoms with E-state index >= 15 is 0 Å². The van der Waals surface area contributed by atoms with E-state index in [4.69, 9.17) is 25.8 Å². The van der Waals surface area contributed by atoms with E-state index < -0.39 is 24.7 Å². The van der Waals surface area contributed by atoms with Crippen molar-refractivity contribution >= 4 is 17.5 Å². The van der Waals surface area contributed by atoms with E-state index in [1.54, 1.807) is 48.4 Å². The van der Waals surface area contributed by atoms with Gasteiger partial charge >= 0.3 is 6.36 Å². The molecule has 0 unspecified atom stereocenters. The van der Waals surface area contributed by atoms with Gasteiger partial charge in [-0.3, -0.25) is 14.5 Å². The molecule has 2 saturated heterocycles. The van der Waals surface area contributed by atoms with Crippen LogP contribution in [0, 0.1) is 6.92 Å². The van der Waals surface area contributed by atoms with Crippen molar-refractivity contribution in [3.63, 3.8) is 0 Å². The fraction of sp³-hybridized carbons (Fsp3) is 0.455. The summed E-state index contributed by atoms with van der Waals surface area (Å²) in [6, 6.07) is 8.28. The molecule has 2 atom stereocenters. The van der Waals surface area contributed by atoms with Gasteiger partial charge in [-0.1, -0.05) is 11.6 Å². The molecule has 2 fully saturated rings. The van der Waals surface area contributed by atoms with Crippen molar-refractivity contribution in [1.29, 1.82) is 0 Å². The van der Waals surface area contributed by atoms with Crippen LogP contribution in [0.1, 0.15) is 28.0 Å². The van der Waals surface area contributed by atoms with E-state index in [9.17, 15) is 18.0 Å². The molecular weight excluding hydrogens is 465 g/mol. The number of ether oxygens (including phenoxy) is 4.